The molecule has 1 rings (SSSR count). The van der Waals surface area contributed by atoms with Gasteiger partial charge in [-0.25, -0.2) is 0 Å². The van der Waals surface area contributed by atoms with Crippen molar-refractivity contribution in [3.63, 3.8) is 0 Å². The van der Waals surface area contributed by atoms with Gasteiger partial charge in [0.1, 0.15) is 0 Å². The van der Waals surface area contributed by atoms with Crippen LogP contribution in [0.5, 0.6) is 0 Å². The minimum absolute atomic E-state index is 1.21. The predicted molar refractivity (Wildman–Crippen MR) is 56.7 cm³/mol. The lowest BCUT2D eigenvalue weighted by atomic mass is 10.3. The fourth-order valence-corrected chi connectivity index (χ4v) is 2.26. The van der Waals surface area contributed by atoms with Crippen molar-refractivity contribution in [1.29, 1.82) is 0 Å². The summed E-state index contributed by atoms with van der Waals surface area (Å²) < 4.78 is 0. The summed E-state index contributed by atoms with van der Waals surface area (Å²) >= 11 is 1.93. The molecule has 1 aliphatic heterocycles. The molecule has 0 amide bonds. The minimum atomic E-state index is 1.21. The first-order valence-corrected chi connectivity index (χ1v) is 6.20. The van der Waals surface area contributed by atoms with Crippen LogP contribution in [-0.4, -0.2) is 54.7 Å². The molecule has 0 radical (unpaired) electrons. The van der Waals surface area contributed by atoms with E-state index in [0.717, 1.165) is 0 Å². The minimum Gasteiger partial charge on any atom is -0.301 e. The second-order valence-electron chi connectivity index (χ2n) is 3.38. The van der Waals surface area contributed by atoms with Crippen LogP contribution in [0.3, 0.4) is 0 Å². The predicted octanol–water partition coefficient (Wildman–Crippen LogP) is 1.33. The molecule has 72 valence electrons. The van der Waals surface area contributed by atoms with Crippen molar-refractivity contribution in [3.8, 4) is 0 Å². The highest BCUT2D eigenvalue weighted by Gasteiger charge is 2.14. The lowest BCUT2D eigenvalue weighted by molar-refractivity contribution is 0.149. The van der Waals surface area contributed by atoms with Gasteiger partial charge in [-0.05, 0) is 19.2 Å². The van der Waals surface area contributed by atoms with Gasteiger partial charge < -0.3 is 4.90 Å². The van der Waals surface area contributed by atoms with Gasteiger partial charge in [0.05, 0.1) is 0 Å². The van der Waals surface area contributed by atoms with Gasteiger partial charge in [0.25, 0.3) is 0 Å². The highest BCUT2D eigenvalue weighted by molar-refractivity contribution is 7.98. The van der Waals surface area contributed by atoms with Crippen molar-refractivity contribution < 1.29 is 0 Å². The van der Waals surface area contributed by atoms with Crippen LogP contribution < -0.4 is 0 Å². The molecule has 0 aromatic heterocycles. The van der Waals surface area contributed by atoms with Gasteiger partial charge in [0, 0.05) is 32.1 Å². The third kappa shape index (κ3) is 3.33. The van der Waals surface area contributed by atoms with Gasteiger partial charge >= 0.3 is 0 Å². The average Bonchev–Trinajstić information content (AvgIpc) is 2.09. The van der Waals surface area contributed by atoms with Crippen LogP contribution >= 0.6 is 11.8 Å². The Morgan fingerprint density at radius 3 is 2.17 bits per heavy atom. The molecular weight excluding hydrogens is 168 g/mol. The molecule has 0 spiro atoms. The van der Waals surface area contributed by atoms with Crippen LogP contribution in [0, 0.1) is 0 Å². The Morgan fingerprint density at radius 2 is 1.67 bits per heavy atom. The third-order valence-corrected chi connectivity index (χ3v) is 2.94. The Labute approximate surface area is 80.3 Å². The molecule has 0 aromatic carbocycles. The Balaban J connectivity index is 2.11. The Bertz CT molecular complexity index is 97.1. The van der Waals surface area contributed by atoms with Crippen LogP contribution in [0.4, 0.5) is 0 Å². The van der Waals surface area contributed by atoms with Crippen LogP contribution in [0.2, 0.25) is 0 Å². The summed E-state index contributed by atoms with van der Waals surface area (Å²) in [6.45, 7) is 8.62. The molecule has 0 atom stereocenters. The molecule has 12 heavy (non-hydrogen) atoms. The smallest absolute Gasteiger partial charge is 0.0442 e. The van der Waals surface area contributed by atoms with E-state index in [9.17, 15) is 0 Å². The molecule has 2 nitrogen and oxygen atoms in total. The van der Waals surface area contributed by atoms with Crippen molar-refractivity contribution in [2.75, 3.05) is 44.9 Å². The van der Waals surface area contributed by atoms with E-state index in [1.165, 1.54) is 45.0 Å². The summed E-state index contributed by atoms with van der Waals surface area (Å²) in [6.07, 6.45) is 3.47. The van der Waals surface area contributed by atoms with Gasteiger partial charge in [0.15, 0.2) is 0 Å². The number of piperazine rings is 1. The molecule has 1 fully saturated rings. The van der Waals surface area contributed by atoms with E-state index in [1.807, 2.05) is 11.8 Å². The number of hydrogen-bond donors (Lipinski definition) is 0. The zero-order valence-corrected chi connectivity index (χ0v) is 9.07. The zero-order valence-electron chi connectivity index (χ0n) is 8.25. The van der Waals surface area contributed by atoms with Crippen LogP contribution in [0.1, 0.15) is 13.3 Å². The van der Waals surface area contributed by atoms with E-state index >= 15 is 0 Å². The number of hydrogen-bond acceptors (Lipinski definition) is 3. The van der Waals surface area contributed by atoms with Crippen molar-refractivity contribution in [1.82, 2.24) is 9.80 Å². The van der Waals surface area contributed by atoms with Crippen LogP contribution in [0.25, 0.3) is 0 Å². The van der Waals surface area contributed by atoms with Crippen LogP contribution in [-0.2, 0) is 0 Å². The first-order chi connectivity index (χ1) is 5.86. The Kier molecular flexibility index (Phi) is 5.04. The zero-order chi connectivity index (χ0) is 8.81. The van der Waals surface area contributed by atoms with Crippen molar-refractivity contribution in [2.45, 2.75) is 13.3 Å². The second kappa shape index (κ2) is 5.84. The summed E-state index contributed by atoms with van der Waals surface area (Å²) in [5, 5.41) is 0. The quantitative estimate of drug-likeness (QED) is 0.657. The molecule has 0 aromatic rings. The van der Waals surface area contributed by atoms with E-state index < -0.39 is 0 Å². The fourth-order valence-electron chi connectivity index (χ4n) is 1.64. The van der Waals surface area contributed by atoms with E-state index in [2.05, 4.69) is 23.0 Å². The molecule has 1 aliphatic rings. The van der Waals surface area contributed by atoms with Crippen molar-refractivity contribution in [3.05, 3.63) is 0 Å². The van der Waals surface area contributed by atoms with E-state index in [-0.39, 0.29) is 0 Å². The van der Waals surface area contributed by atoms with Gasteiger partial charge in [-0.15, -0.1) is 11.8 Å². The van der Waals surface area contributed by atoms with Gasteiger partial charge in [-0.1, -0.05) is 6.92 Å². The molecule has 1 saturated heterocycles. The van der Waals surface area contributed by atoms with E-state index in [4.69, 9.17) is 0 Å². The molecule has 0 saturated carbocycles. The largest absolute Gasteiger partial charge is 0.301 e. The molecule has 3 heteroatoms. The number of rotatable bonds is 4. The number of thioether (sulfide) groups is 1. The molecule has 0 N–H and O–H groups in total. The third-order valence-electron chi connectivity index (χ3n) is 2.32. The topological polar surface area (TPSA) is 6.48 Å². The van der Waals surface area contributed by atoms with Crippen molar-refractivity contribution in [2.24, 2.45) is 0 Å². The number of nitrogens with zero attached hydrogens (tertiary/aromatic N) is 2. The molecule has 0 aliphatic carbocycles. The second-order valence-corrected chi connectivity index (χ2v) is 4.21. The lowest BCUT2D eigenvalue weighted by Gasteiger charge is -2.33. The van der Waals surface area contributed by atoms with E-state index in [0.29, 0.717) is 0 Å². The lowest BCUT2D eigenvalue weighted by Crippen LogP contribution is -2.46. The summed E-state index contributed by atoms with van der Waals surface area (Å²) in [4.78, 5) is 5.10. The van der Waals surface area contributed by atoms with Crippen molar-refractivity contribution >= 4 is 11.8 Å². The van der Waals surface area contributed by atoms with Gasteiger partial charge in [0.2, 0.25) is 0 Å². The maximum atomic E-state index is 2.57. The monoisotopic (exact) mass is 188 g/mol. The molecule has 1 heterocycles. The summed E-state index contributed by atoms with van der Waals surface area (Å²) in [6, 6.07) is 0. The van der Waals surface area contributed by atoms with E-state index in [1.54, 1.807) is 0 Å². The first kappa shape index (κ1) is 10.4. The summed E-state index contributed by atoms with van der Waals surface area (Å²) in [5.41, 5.74) is 0. The Hall–Kier alpha value is 0.270. The van der Waals surface area contributed by atoms with Gasteiger partial charge in [-0.2, -0.15) is 0 Å². The maximum Gasteiger partial charge on any atom is 0.0442 e. The average molecular weight is 188 g/mol. The highest BCUT2D eigenvalue weighted by Crippen LogP contribution is 2.05. The maximum absolute atomic E-state index is 2.57. The first-order valence-electron chi connectivity index (χ1n) is 4.80. The van der Waals surface area contributed by atoms with Crippen LogP contribution in [0.15, 0.2) is 0 Å². The molecular formula is C9H20N2S. The van der Waals surface area contributed by atoms with Gasteiger partial charge in [-0.3, -0.25) is 4.90 Å². The Morgan fingerprint density at radius 1 is 1.08 bits per heavy atom. The fraction of sp³-hybridized carbons (Fsp3) is 1.00. The summed E-state index contributed by atoms with van der Waals surface area (Å²) in [7, 11) is 0. The molecule has 0 unspecified atom stereocenters. The highest BCUT2D eigenvalue weighted by atomic mass is 32.2. The molecule has 0 bridgehead atoms. The standard InChI is InChI=1S/C9H20N2S/c1-3-4-10-5-7-11(8-6-10)9-12-2/h3-9H2,1-2H3. The SMILES string of the molecule is CCCN1CCN(CSC)CC1. The summed E-state index contributed by atoms with van der Waals surface area (Å²) in [5.74, 6) is 1.21. The normalized spacial score (nSPS) is 21.5.